The number of fused-ring (bicyclic) bond motifs is 1. The number of nitrogens with zero attached hydrogens (tertiary/aromatic N) is 3. The highest BCUT2D eigenvalue weighted by molar-refractivity contribution is 5.79. The number of aromatic nitrogens is 2. The van der Waals surface area contributed by atoms with Crippen molar-refractivity contribution in [2.75, 3.05) is 7.11 Å². The molecule has 1 heterocycles. The van der Waals surface area contributed by atoms with Crippen LogP contribution in [0.15, 0.2) is 23.2 Å². The van der Waals surface area contributed by atoms with Gasteiger partial charge in [0.25, 0.3) is 0 Å². The molecule has 2 aromatic rings. The number of methoxy groups -OCH3 is 1. The van der Waals surface area contributed by atoms with E-state index >= 15 is 0 Å². The number of nitrogens with two attached hydrogens (primary N) is 1. The fraction of sp³-hybridized carbons (Fsp3) is 0.429. The summed E-state index contributed by atoms with van der Waals surface area (Å²) in [5, 5.41) is 3.06. The minimum Gasteiger partial charge on any atom is -0.497 e. The van der Waals surface area contributed by atoms with Crippen molar-refractivity contribution in [3.8, 4) is 5.75 Å². The van der Waals surface area contributed by atoms with Crippen LogP contribution in [0.5, 0.6) is 5.75 Å². The zero-order valence-electron chi connectivity index (χ0n) is 12.3. The molecule has 0 aliphatic rings. The Hall–Kier alpha value is -2.24. The molecule has 0 amide bonds. The Morgan fingerprint density at radius 2 is 2.25 bits per heavy atom. The maximum atomic E-state index is 5.79. The number of benzene rings is 1. The lowest BCUT2D eigenvalue weighted by molar-refractivity contribution is 0.415. The Labute approximate surface area is 118 Å². The number of ether oxygens (including phenoxy) is 1. The minimum absolute atomic E-state index is 0.267. The molecule has 0 spiro atoms. The van der Waals surface area contributed by atoms with Gasteiger partial charge in [-0.25, -0.2) is 9.98 Å². The van der Waals surface area contributed by atoms with Gasteiger partial charge in [0.15, 0.2) is 5.96 Å². The van der Waals surface area contributed by atoms with Crippen LogP contribution in [-0.4, -0.2) is 28.7 Å². The zero-order valence-corrected chi connectivity index (χ0v) is 12.3. The third-order valence-electron chi connectivity index (χ3n) is 3.01. The topological polar surface area (TPSA) is 77.5 Å². The zero-order chi connectivity index (χ0) is 14.7. The molecule has 0 fully saturated rings. The molecule has 6 nitrogen and oxygen atoms in total. The van der Waals surface area contributed by atoms with Gasteiger partial charge in [-0.2, -0.15) is 0 Å². The third-order valence-corrected chi connectivity index (χ3v) is 3.01. The minimum atomic E-state index is 0.267. The van der Waals surface area contributed by atoms with Gasteiger partial charge in [0.2, 0.25) is 0 Å². The fourth-order valence-electron chi connectivity index (χ4n) is 2.00. The van der Waals surface area contributed by atoms with Crippen LogP contribution in [0, 0.1) is 0 Å². The van der Waals surface area contributed by atoms with E-state index < -0.39 is 0 Å². The van der Waals surface area contributed by atoms with E-state index in [1.54, 1.807) is 7.11 Å². The summed E-state index contributed by atoms with van der Waals surface area (Å²) < 4.78 is 7.22. The van der Waals surface area contributed by atoms with E-state index in [4.69, 9.17) is 10.5 Å². The number of nitrogens with one attached hydrogen (secondary N) is 1. The molecule has 0 saturated heterocycles. The summed E-state index contributed by atoms with van der Waals surface area (Å²) in [5.74, 6) is 2.10. The molecule has 0 aliphatic heterocycles. The molecule has 108 valence electrons. The second kappa shape index (κ2) is 5.81. The lowest BCUT2D eigenvalue weighted by Crippen LogP contribution is -2.36. The molecule has 1 aromatic heterocycles. The average molecular weight is 275 g/mol. The Morgan fingerprint density at radius 1 is 1.50 bits per heavy atom. The van der Waals surface area contributed by atoms with E-state index in [1.807, 2.05) is 43.7 Å². The molecule has 3 N–H and O–H groups in total. The van der Waals surface area contributed by atoms with Gasteiger partial charge in [-0.15, -0.1) is 0 Å². The number of aliphatic imine (C=N–C) groups is 1. The highest BCUT2D eigenvalue weighted by Gasteiger charge is 2.08. The van der Waals surface area contributed by atoms with Gasteiger partial charge in [0.05, 0.1) is 18.1 Å². The standard InChI is InChI=1S/C14H21N5O/c1-9(2)17-14(15)16-8-13-18-11-7-10(20-4)5-6-12(11)19(13)3/h5-7,9H,8H2,1-4H3,(H3,15,16,17). The van der Waals surface area contributed by atoms with Gasteiger partial charge >= 0.3 is 0 Å². The summed E-state index contributed by atoms with van der Waals surface area (Å²) in [7, 11) is 3.62. The van der Waals surface area contributed by atoms with Crippen LogP contribution in [0.4, 0.5) is 0 Å². The molecular formula is C14H21N5O. The number of guanidine groups is 1. The van der Waals surface area contributed by atoms with Crippen molar-refractivity contribution in [2.45, 2.75) is 26.4 Å². The summed E-state index contributed by atoms with van der Waals surface area (Å²) in [6, 6.07) is 6.09. The summed E-state index contributed by atoms with van der Waals surface area (Å²) >= 11 is 0. The van der Waals surface area contributed by atoms with Crippen molar-refractivity contribution < 1.29 is 4.74 Å². The van der Waals surface area contributed by atoms with E-state index in [0.29, 0.717) is 12.5 Å². The van der Waals surface area contributed by atoms with Crippen molar-refractivity contribution in [1.29, 1.82) is 0 Å². The predicted octanol–water partition coefficient (Wildman–Crippen LogP) is 1.39. The molecule has 0 radical (unpaired) electrons. The van der Waals surface area contributed by atoms with Crippen LogP contribution >= 0.6 is 0 Å². The number of aryl methyl sites for hydroxylation is 1. The second-order valence-corrected chi connectivity index (χ2v) is 4.94. The van der Waals surface area contributed by atoms with Crippen LogP contribution in [-0.2, 0) is 13.6 Å². The summed E-state index contributed by atoms with van der Waals surface area (Å²) in [5.41, 5.74) is 7.74. The Balaban J connectivity index is 2.24. The normalized spacial score (nSPS) is 12.2. The average Bonchev–Trinajstić information content (AvgIpc) is 2.72. The quantitative estimate of drug-likeness (QED) is 0.653. The lowest BCUT2D eigenvalue weighted by Gasteiger charge is -2.08. The second-order valence-electron chi connectivity index (χ2n) is 4.94. The van der Waals surface area contributed by atoms with Gasteiger partial charge in [-0.1, -0.05) is 0 Å². The van der Waals surface area contributed by atoms with Crippen LogP contribution in [0.25, 0.3) is 11.0 Å². The van der Waals surface area contributed by atoms with Crippen molar-refractivity contribution >= 4 is 17.0 Å². The van der Waals surface area contributed by atoms with Gasteiger partial charge in [-0.3, -0.25) is 0 Å². The summed E-state index contributed by atoms with van der Waals surface area (Å²) in [4.78, 5) is 8.87. The monoisotopic (exact) mass is 275 g/mol. The van der Waals surface area contributed by atoms with Crippen LogP contribution < -0.4 is 15.8 Å². The maximum Gasteiger partial charge on any atom is 0.189 e. The maximum absolute atomic E-state index is 5.79. The Bertz CT molecular complexity index is 630. The van der Waals surface area contributed by atoms with Crippen LogP contribution in [0.2, 0.25) is 0 Å². The van der Waals surface area contributed by atoms with E-state index in [0.717, 1.165) is 22.6 Å². The molecule has 0 atom stereocenters. The predicted molar refractivity (Wildman–Crippen MR) is 80.9 cm³/mol. The lowest BCUT2D eigenvalue weighted by atomic mass is 10.3. The highest BCUT2D eigenvalue weighted by Crippen LogP contribution is 2.21. The molecule has 2 rings (SSSR count). The van der Waals surface area contributed by atoms with E-state index in [2.05, 4.69) is 15.3 Å². The van der Waals surface area contributed by atoms with E-state index in [-0.39, 0.29) is 6.04 Å². The first-order valence-electron chi connectivity index (χ1n) is 6.57. The van der Waals surface area contributed by atoms with Crippen molar-refractivity contribution in [2.24, 2.45) is 17.8 Å². The molecule has 20 heavy (non-hydrogen) atoms. The Kier molecular flexibility index (Phi) is 4.12. The van der Waals surface area contributed by atoms with Crippen molar-refractivity contribution in [3.63, 3.8) is 0 Å². The smallest absolute Gasteiger partial charge is 0.189 e. The van der Waals surface area contributed by atoms with Gasteiger partial charge in [0, 0.05) is 19.2 Å². The van der Waals surface area contributed by atoms with Gasteiger partial charge < -0.3 is 20.4 Å². The largest absolute Gasteiger partial charge is 0.497 e. The SMILES string of the molecule is COc1ccc2c(c1)nc(CN=C(N)NC(C)C)n2C. The first kappa shape index (κ1) is 14.2. The van der Waals surface area contributed by atoms with Gasteiger partial charge in [-0.05, 0) is 26.0 Å². The summed E-state index contributed by atoms with van der Waals surface area (Å²) in [6.07, 6.45) is 0. The number of imidazole rings is 1. The van der Waals surface area contributed by atoms with Crippen LogP contribution in [0.3, 0.4) is 0 Å². The number of hydrogen-bond donors (Lipinski definition) is 2. The molecule has 0 saturated carbocycles. The van der Waals surface area contributed by atoms with E-state index in [9.17, 15) is 0 Å². The molecule has 6 heteroatoms. The molecule has 0 bridgehead atoms. The molecular weight excluding hydrogens is 254 g/mol. The highest BCUT2D eigenvalue weighted by atomic mass is 16.5. The first-order valence-corrected chi connectivity index (χ1v) is 6.57. The summed E-state index contributed by atoms with van der Waals surface area (Å²) in [6.45, 7) is 4.48. The van der Waals surface area contributed by atoms with E-state index in [1.165, 1.54) is 0 Å². The molecule has 1 aromatic carbocycles. The van der Waals surface area contributed by atoms with Crippen molar-refractivity contribution in [1.82, 2.24) is 14.9 Å². The first-order chi connectivity index (χ1) is 9.51. The number of rotatable bonds is 4. The fourth-order valence-corrected chi connectivity index (χ4v) is 2.00. The third kappa shape index (κ3) is 3.01. The van der Waals surface area contributed by atoms with Crippen molar-refractivity contribution in [3.05, 3.63) is 24.0 Å². The molecule has 0 unspecified atom stereocenters. The number of hydrogen-bond acceptors (Lipinski definition) is 3. The Morgan fingerprint density at radius 3 is 2.90 bits per heavy atom. The molecule has 0 aliphatic carbocycles. The van der Waals surface area contributed by atoms with Crippen LogP contribution in [0.1, 0.15) is 19.7 Å². The van der Waals surface area contributed by atoms with Gasteiger partial charge in [0.1, 0.15) is 18.1 Å².